The summed E-state index contributed by atoms with van der Waals surface area (Å²) >= 11 is 0. The molecule has 2 rings (SSSR count). The van der Waals surface area contributed by atoms with Gasteiger partial charge in [-0.1, -0.05) is 73.4 Å². The van der Waals surface area contributed by atoms with Gasteiger partial charge < -0.3 is 18.0 Å². The average molecular weight is 549 g/mol. The van der Waals surface area contributed by atoms with Crippen molar-refractivity contribution in [3.8, 4) is 5.75 Å². The Morgan fingerprint density at radius 1 is 0.789 bits per heavy atom. The van der Waals surface area contributed by atoms with Gasteiger partial charge in [0.2, 0.25) is 0 Å². The summed E-state index contributed by atoms with van der Waals surface area (Å²) in [4.78, 5) is 37.6. The molecule has 214 valence electrons. The molecule has 0 aliphatic heterocycles. The molecule has 38 heavy (non-hydrogen) atoms. The molecule has 1 aromatic carbocycles. The lowest BCUT2D eigenvalue weighted by atomic mass is 9.77. The fraction of sp³-hybridized carbons (Fsp3) is 0.700. The summed E-state index contributed by atoms with van der Waals surface area (Å²) in [7, 11) is -3.98. The van der Waals surface area contributed by atoms with Crippen molar-refractivity contribution in [3.63, 3.8) is 0 Å². The van der Waals surface area contributed by atoms with Gasteiger partial charge in [-0.05, 0) is 61.6 Å². The Bertz CT molecular complexity index is 831. The first-order valence-corrected chi connectivity index (χ1v) is 16.3. The van der Waals surface area contributed by atoms with Crippen LogP contribution in [0.3, 0.4) is 0 Å². The van der Waals surface area contributed by atoms with Gasteiger partial charge in [0.25, 0.3) is 17.9 Å². The van der Waals surface area contributed by atoms with Gasteiger partial charge in [0, 0.05) is 0 Å². The van der Waals surface area contributed by atoms with Crippen molar-refractivity contribution in [2.45, 2.75) is 105 Å². The highest BCUT2D eigenvalue weighted by atomic mass is 28.4. The predicted octanol–water partition coefficient (Wildman–Crippen LogP) is 7.07. The summed E-state index contributed by atoms with van der Waals surface area (Å²) in [6.07, 6.45) is 8.11. The Morgan fingerprint density at radius 2 is 1.26 bits per heavy atom. The van der Waals surface area contributed by atoms with E-state index in [2.05, 4.69) is 19.1 Å². The zero-order valence-electron chi connectivity index (χ0n) is 24.4. The first-order valence-electron chi connectivity index (χ1n) is 14.4. The molecular weight excluding hydrogens is 500 g/mol. The van der Waals surface area contributed by atoms with E-state index < -0.39 is 44.5 Å². The number of ether oxygens (including phenoxy) is 1. The number of hydrogen-bond donors (Lipinski definition) is 0. The molecule has 1 saturated carbocycles. The van der Waals surface area contributed by atoms with E-state index in [-0.39, 0.29) is 6.04 Å². The molecule has 0 saturated heterocycles. The fourth-order valence-corrected chi connectivity index (χ4v) is 7.17. The molecule has 0 radical (unpaired) electrons. The molecule has 1 aliphatic carbocycles. The van der Waals surface area contributed by atoms with Crippen molar-refractivity contribution in [2.24, 2.45) is 23.7 Å². The molecule has 0 N–H and O–H groups in total. The van der Waals surface area contributed by atoms with Crippen LogP contribution in [0.4, 0.5) is 0 Å². The van der Waals surface area contributed by atoms with Crippen LogP contribution in [-0.4, -0.2) is 33.3 Å². The minimum atomic E-state index is -3.98. The molecule has 0 atom stereocenters. The Labute approximate surface area is 230 Å². The number of carbonyl (C=O) groups is 3. The van der Waals surface area contributed by atoms with Crippen LogP contribution < -0.4 is 4.74 Å². The summed E-state index contributed by atoms with van der Waals surface area (Å²) < 4.78 is 22.9. The second-order valence-electron chi connectivity index (χ2n) is 11.4. The van der Waals surface area contributed by atoms with Crippen molar-refractivity contribution >= 4 is 26.7 Å². The topological polar surface area (TPSA) is 88.1 Å². The Balaban J connectivity index is 2.02. The third-order valence-electron chi connectivity index (χ3n) is 6.97. The van der Waals surface area contributed by atoms with Gasteiger partial charge in [-0.15, -0.1) is 0 Å². The minimum absolute atomic E-state index is 0.0987. The fourth-order valence-electron chi connectivity index (χ4n) is 4.54. The minimum Gasteiger partial charge on any atom is -0.494 e. The Morgan fingerprint density at radius 3 is 1.68 bits per heavy atom. The average Bonchev–Trinajstić information content (AvgIpc) is 2.87. The largest absolute Gasteiger partial charge is 0.705 e. The van der Waals surface area contributed by atoms with Gasteiger partial charge >= 0.3 is 8.80 Å². The Kier molecular flexibility index (Phi) is 12.8. The second-order valence-corrected chi connectivity index (χ2v) is 13.9. The summed E-state index contributed by atoms with van der Waals surface area (Å²) in [5.74, 6) is -0.838. The van der Waals surface area contributed by atoms with E-state index in [9.17, 15) is 14.4 Å². The maximum Gasteiger partial charge on any atom is 0.705 e. The summed E-state index contributed by atoms with van der Waals surface area (Å²) in [5, 5.41) is 0. The zero-order valence-corrected chi connectivity index (χ0v) is 25.4. The maximum absolute atomic E-state index is 12.5. The van der Waals surface area contributed by atoms with Crippen molar-refractivity contribution in [1.29, 1.82) is 0 Å². The molecule has 0 aromatic heterocycles. The smallest absolute Gasteiger partial charge is 0.494 e. The standard InChI is InChI=1S/C30H48O7Si/c1-8-10-24-11-13-25(14-12-24)26-15-17-27(18-16-26)34-19-9-20-38(35-28(31)21(2)3,36-29(32)22(4)5)37-30(33)23(6)7/h15-18,21-25H,8-14,19-20H2,1-7H3/t24-,25-. The summed E-state index contributed by atoms with van der Waals surface area (Å²) in [5.41, 5.74) is 1.36. The molecule has 1 aliphatic rings. The van der Waals surface area contributed by atoms with E-state index in [0.717, 1.165) is 11.7 Å². The summed E-state index contributed by atoms with van der Waals surface area (Å²) in [6.45, 7) is 12.6. The van der Waals surface area contributed by atoms with Crippen LogP contribution in [0.25, 0.3) is 0 Å². The van der Waals surface area contributed by atoms with Crippen LogP contribution in [0.5, 0.6) is 5.75 Å². The van der Waals surface area contributed by atoms with Crippen molar-refractivity contribution in [2.75, 3.05) is 6.61 Å². The monoisotopic (exact) mass is 548 g/mol. The highest BCUT2D eigenvalue weighted by Crippen LogP contribution is 2.38. The number of benzene rings is 1. The van der Waals surface area contributed by atoms with Gasteiger partial charge in [-0.25, -0.2) is 0 Å². The van der Waals surface area contributed by atoms with E-state index in [1.165, 1.54) is 44.1 Å². The zero-order chi connectivity index (χ0) is 28.3. The molecule has 7 nitrogen and oxygen atoms in total. The van der Waals surface area contributed by atoms with Gasteiger partial charge in [0.1, 0.15) is 5.75 Å². The van der Waals surface area contributed by atoms with Crippen LogP contribution in [0, 0.1) is 23.7 Å². The number of hydrogen-bond acceptors (Lipinski definition) is 7. The quantitative estimate of drug-likeness (QED) is 0.181. The van der Waals surface area contributed by atoms with Gasteiger partial charge in [0.05, 0.1) is 30.4 Å². The molecule has 0 amide bonds. The van der Waals surface area contributed by atoms with E-state index in [4.69, 9.17) is 18.0 Å². The van der Waals surface area contributed by atoms with Crippen molar-refractivity contribution in [3.05, 3.63) is 29.8 Å². The molecule has 0 bridgehead atoms. The highest BCUT2D eigenvalue weighted by Gasteiger charge is 2.53. The van der Waals surface area contributed by atoms with Gasteiger partial charge in [-0.2, -0.15) is 0 Å². The number of rotatable bonds is 14. The van der Waals surface area contributed by atoms with Crippen LogP contribution >= 0.6 is 0 Å². The lowest BCUT2D eigenvalue weighted by Crippen LogP contribution is -2.52. The van der Waals surface area contributed by atoms with E-state index >= 15 is 0 Å². The summed E-state index contributed by atoms with van der Waals surface area (Å²) in [6, 6.07) is 8.39. The van der Waals surface area contributed by atoms with E-state index in [0.29, 0.717) is 18.9 Å². The van der Waals surface area contributed by atoms with Crippen molar-refractivity contribution < 1.29 is 32.4 Å². The van der Waals surface area contributed by atoms with Crippen LogP contribution in [0.1, 0.15) is 105 Å². The van der Waals surface area contributed by atoms with Crippen molar-refractivity contribution in [1.82, 2.24) is 0 Å². The van der Waals surface area contributed by atoms with Gasteiger partial charge in [-0.3, -0.25) is 14.4 Å². The molecular formula is C30H48O7Si. The molecule has 0 spiro atoms. The first-order chi connectivity index (χ1) is 18.0. The lowest BCUT2D eigenvalue weighted by molar-refractivity contribution is -0.154. The van der Waals surface area contributed by atoms with Crippen LogP contribution in [0.15, 0.2) is 24.3 Å². The molecule has 8 heteroatoms. The normalized spacial score (nSPS) is 17.9. The molecule has 1 fully saturated rings. The maximum atomic E-state index is 12.5. The highest BCUT2D eigenvalue weighted by molar-refractivity contribution is 6.65. The molecule has 1 aromatic rings. The van der Waals surface area contributed by atoms with E-state index in [1.54, 1.807) is 41.5 Å². The SMILES string of the molecule is CCC[C@H]1CC[C@H](c2ccc(OCCC[Si](OC(=O)C(C)C)(OC(=O)C(C)C)OC(=O)C(C)C)cc2)CC1. The third kappa shape index (κ3) is 10.1. The van der Waals surface area contributed by atoms with Crippen LogP contribution in [-0.2, 0) is 27.7 Å². The Hall–Kier alpha value is -2.35. The first kappa shape index (κ1) is 31.9. The van der Waals surface area contributed by atoms with Gasteiger partial charge in [0.15, 0.2) is 0 Å². The van der Waals surface area contributed by atoms with Crippen LogP contribution in [0.2, 0.25) is 6.04 Å². The van der Waals surface area contributed by atoms with E-state index in [1.807, 2.05) is 12.1 Å². The lowest BCUT2D eigenvalue weighted by Gasteiger charge is -2.29. The predicted molar refractivity (Wildman–Crippen MR) is 150 cm³/mol. The second kappa shape index (κ2) is 15.3. The third-order valence-corrected chi connectivity index (χ3v) is 9.48. The number of carbonyl (C=O) groups excluding carboxylic acids is 3. The molecule has 0 heterocycles. The molecule has 0 unspecified atom stereocenters.